The van der Waals surface area contributed by atoms with E-state index in [9.17, 15) is 13.2 Å². The number of hydrogen-bond acceptors (Lipinski definition) is 4. The van der Waals surface area contributed by atoms with Gasteiger partial charge in [-0.1, -0.05) is 42.5 Å². The van der Waals surface area contributed by atoms with Gasteiger partial charge in [0.05, 0.1) is 18.9 Å². The zero-order chi connectivity index (χ0) is 20.0. The molecule has 0 saturated heterocycles. The largest absolute Gasteiger partial charge is 0.494 e. The monoisotopic (exact) mass is 398 g/mol. The van der Waals surface area contributed by atoms with Crippen molar-refractivity contribution in [1.82, 2.24) is 4.72 Å². The fraction of sp³-hybridized carbons (Fsp3) is 0.190. The second kappa shape index (κ2) is 8.86. The second-order valence-electron chi connectivity index (χ2n) is 6.27. The van der Waals surface area contributed by atoms with Crippen molar-refractivity contribution in [2.24, 2.45) is 0 Å². The van der Waals surface area contributed by atoms with E-state index in [-0.39, 0.29) is 12.3 Å². The van der Waals surface area contributed by atoms with Crippen LogP contribution in [0.25, 0.3) is 10.8 Å². The maximum absolute atomic E-state index is 12.2. The number of nitrogens with one attached hydrogen (secondary N) is 2. The third kappa shape index (κ3) is 5.55. The van der Waals surface area contributed by atoms with E-state index in [0.717, 1.165) is 10.8 Å². The lowest BCUT2D eigenvalue weighted by Gasteiger charge is -2.09. The normalized spacial score (nSPS) is 11.3. The second-order valence-corrected chi connectivity index (χ2v) is 8.07. The minimum atomic E-state index is -3.63. The molecule has 0 atom stereocenters. The van der Waals surface area contributed by atoms with Crippen LogP contribution in [-0.4, -0.2) is 27.5 Å². The summed E-state index contributed by atoms with van der Waals surface area (Å²) in [6.45, 7) is 2.10. The number of carbonyl (C=O) groups excluding carboxylic acids is 1. The lowest BCUT2D eigenvalue weighted by Crippen LogP contribution is -2.33. The van der Waals surface area contributed by atoms with E-state index in [1.807, 2.05) is 43.3 Å². The average Bonchev–Trinajstić information content (AvgIpc) is 2.68. The molecular formula is C21H22N2O4S. The lowest BCUT2D eigenvalue weighted by atomic mass is 10.1. The predicted octanol–water partition coefficient (Wildman–Crippen LogP) is 3.30. The topological polar surface area (TPSA) is 84.5 Å². The number of rotatable bonds is 8. The zero-order valence-electron chi connectivity index (χ0n) is 15.5. The molecule has 3 aromatic rings. The Hall–Kier alpha value is -2.90. The molecule has 0 fully saturated rings. The summed E-state index contributed by atoms with van der Waals surface area (Å²) in [5.74, 6) is 0.0553. The van der Waals surface area contributed by atoms with E-state index >= 15 is 0 Å². The summed E-state index contributed by atoms with van der Waals surface area (Å²) in [5.41, 5.74) is 1.24. The Labute approximate surface area is 164 Å². The van der Waals surface area contributed by atoms with Crippen molar-refractivity contribution in [3.05, 3.63) is 72.3 Å². The molecule has 2 N–H and O–H groups in total. The highest BCUT2D eigenvalue weighted by Crippen LogP contribution is 2.18. The molecule has 28 heavy (non-hydrogen) atoms. The third-order valence-corrected chi connectivity index (χ3v) is 5.37. The van der Waals surface area contributed by atoms with Gasteiger partial charge in [0.25, 0.3) is 0 Å². The van der Waals surface area contributed by atoms with E-state index in [4.69, 9.17) is 4.74 Å². The molecular weight excluding hydrogens is 376 g/mol. The molecule has 0 aliphatic carbocycles. The maximum Gasteiger partial charge on any atom is 0.239 e. The highest BCUT2D eigenvalue weighted by Gasteiger charge is 2.14. The Morgan fingerprint density at radius 1 is 0.964 bits per heavy atom. The first-order chi connectivity index (χ1) is 13.4. The van der Waals surface area contributed by atoms with Crippen molar-refractivity contribution in [3.63, 3.8) is 0 Å². The van der Waals surface area contributed by atoms with Gasteiger partial charge in [-0.25, -0.2) is 13.1 Å². The quantitative estimate of drug-likeness (QED) is 0.610. The van der Waals surface area contributed by atoms with Crippen molar-refractivity contribution in [2.45, 2.75) is 12.7 Å². The molecule has 0 radical (unpaired) electrons. The van der Waals surface area contributed by atoms with Gasteiger partial charge >= 0.3 is 0 Å². The van der Waals surface area contributed by atoms with Gasteiger partial charge in [-0.15, -0.1) is 0 Å². The van der Waals surface area contributed by atoms with Gasteiger partial charge in [0.15, 0.2) is 0 Å². The van der Waals surface area contributed by atoms with Crippen LogP contribution in [0.1, 0.15) is 12.5 Å². The van der Waals surface area contributed by atoms with E-state index in [1.54, 1.807) is 30.3 Å². The number of benzene rings is 3. The van der Waals surface area contributed by atoms with Crippen LogP contribution in [0.15, 0.2) is 66.7 Å². The van der Waals surface area contributed by atoms with Crippen LogP contribution in [0, 0.1) is 0 Å². The van der Waals surface area contributed by atoms with Crippen molar-refractivity contribution in [3.8, 4) is 5.75 Å². The van der Waals surface area contributed by atoms with Crippen LogP contribution >= 0.6 is 0 Å². The molecule has 0 aliphatic heterocycles. The molecule has 0 aliphatic rings. The van der Waals surface area contributed by atoms with Crippen molar-refractivity contribution in [1.29, 1.82) is 0 Å². The van der Waals surface area contributed by atoms with E-state index in [1.165, 1.54) is 0 Å². The Bertz CT molecular complexity index is 1060. The number of ether oxygens (including phenoxy) is 1. The number of anilines is 1. The summed E-state index contributed by atoms with van der Waals surface area (Å²) in [4.78, 5) is 12.1. The first-order valence-corrected chi connectivity index (χ1v) is 10.6. The Kier molecular flexibility index (Phi) is 6.28. The number of fused-ring (bicyclic) bond motifs is 1. The van der Waals surface area contributed by atoms with Crippen LogP contribution in [0.5, 0.6) is 5.75 Å². The molecule has 0 spiro atoms. The molecule has 3 aromatic carbocycles. The van der Waals surface area contributed by atoms with Crippen molar-refractivity contribution in [2.75, 3.05) is 18.5 Å². The summed E-state index contributed by atoms with van der Waals surface area (Å²) in [5, 5.41) is 4.77. The molecule has 0 bridgehead atoms. The summed E-state index contributed by atoms with van der Waals surface area (Å²) >= 11 is 0. The maximum atomic E-state index is 12.2. The van der Waals surface area contributed by atoms with E-state index < -0.39 is 15.9 Å². The third-order valence-electron chi connectivity index (χ3n) is 4.08. The minimum absolute atomic E-state index is 0.206. The molecule has 0 saturated carbocycles. The van der Waals surface area contributed by atoms with Gasteiger partial charge in [0.2, 0.25) is 15.9 Å². The Morgan fingerprint density at radius 2 is 1.68 bits per heavy atom. The summed E-state index contributed by atoms with van der Waals surface area (Å²) in [6, 6.07) is 20.2. The van der Waals surface area contributed by atoms with Gasteiger partial charge in [-0.2, -0.15) is 0 Å². The molecule has 1 amide bonds. The van der Waals surface area contributed by atoms with Gasteiger partial charge in [-0.05, 0) is 47.5 Å². The highest BCUT2D eigenvalue weighted by molar-refractivity contribution is 7.88. The van der Waals surface area contributed by atoms with Crippen molar-refractivity contribution < 1.29 is 17.9 Å². The van der Waals surface area contributed by atoms with Crippen LogP contribution in [-0.2, 0) is 20.6 Å². The fourth-order valence-electron chi connectivity index (χ4n) is 2.77. The Morgan fingerprint density at radius 3 is 2.39 bits per heavy atom. The van der Waals surface area contributed by atoms with E-state index in [0.29, 0.717) is 23.6 Å². The van der Waals surface area contributed by atoms with Crippen LogP contribution < -0.4 is 14.8 Å². The highest BCUT2D eigenvalue weighted by atomic mass is 32.2. The molecule has 6 nitrogen and oxygen atoms in total. The van der Waals surface area contributed by atoms with E-state index in [2.05, 4.69) is 10.0 Å². The SMILES string of the molecule is CCOc1ccc(CS(=O)(=O)NCC(=O)Nc2ccc3ccccc3c2)cc1. The molecule has 0 aromatic heterocycles. The average molecular weight is 398 g/mol. The van der Waals surface area contributed by atoms with Crippen molar-refractivity contribution >= 4 is 32.4 Å². The molecule has 7 heteroatoms. The van der Waals surface area contributed by atoms with Gasteiger partial charge in [0, 0.05) is 5.69 Å². The summed E-state index contributed by atoms with van der Waals surface area (Å²) in [6.07, 6.45) is 0. The molecule has 0 heterocycles. The molecule has 3 rings (SSSR count). The smallest absolute Gasteiger partial charge is 0.239 e. The summed E-state index contributed by atoms with van der Waals surface area (Å²) < 4.78 is 32.1. The standard InChI is InChI=1S/C21H22N2O4S/c1-2-27-20-11-7-16(8-12-20)15-28(25,26)22-14-21(24)23-19-10-9-17-5-3-4-6-18(17)13-19/h3-13,22H,2,14-15H2,1H3,(H,23,24). The van der Waals surface area contributed by atoms with Crippen LogP contribution in [0.2, 0.25) is 0 Å². The first kappa shape index (κ1) is 19.9. The Balaban J connectivity index is 1.54. The van der Waals surface area contributed by atoms with Gasteiger partial charge in [-0.3, -0.25) is 4.79 Å². The molecule has 0 unspecified atom stereocenters. The number of carbonyl (C=O) groups is 1. The van der Waals surface area contributed by atoms with Gasteiger partial charge in [0.1, 0.15) is 5.75 Å². The summed E-state index contributed by atoms with van der Waals surface area (Å²) in [7, 11) is -3.63. The predicted molar refractivity (Wildman–Crippen MR) is 111 cm³/mol. The van der Waals surface area contributed by atoms with Crippen LogP contribution in [0.4, 0.5) is 5.69 Å². The molecule has 146 valence electrons. The zero-order valence-corrected chi connectivity index (χ0v) is 16.3. The van der Waals surface area contributed by atoms with Crippen LogP contribution in [0.3, 0.4) is 0 Å². The fourth-order valence-corrected chi connectivity index (χ4v) is 3.85. The number of amides is 1. The first-order valence-electron chi connectivity index (χ1n) is 8.93. The number of sulfonamides is 1. The van der Waals surface area contributed by atoms with Gasteiger partial charge < -0.3 is 10.1 Å². The lowest BCUT2D eigenvalue weighted by molar-refractivity contribution is -0.115. The minimum Gasteiger partial charge on any atom is -0.494 e. The number of hydrogen-bond donors (Lipinski definition) is 2.